The van der Waals surface area contributed by atoms with Gasteiger partial charge in [-0.2, -0.15) is 0 Å². The van der Waals surface area contributed by atoms with Crippen LogP contribution < -0.4 is 61.0 Å². The van der Waals surface area contributed by atoms with Gasteiger partial charge in [0.1, 0.15) is 35.7 Å². The highest BCUT2D eigenvalue weighted by molar-refractivity contribution is 6.30. The van der Waals surface area contributed by atoms with Gasteiger partial charge in [-0.25, -0.2) is 0 Å². The summed E-state index contributed by atoms with van der Waals surface area (Å²) in [5.74, 6) is -8.03. The van der Waals surface area contributed by atoms with Crippen molar-refractivity contribution >= 4 is 87.2 Å². The van der Waals surface area contributed by atoms with Crippen LogP contribution in [0, 0.1) is 11.8 Å². The maximum atomic E-state index is 14.9. The molecule has 1 saturated heterocycles. The molecular formula is C53H77ClN14O9. The molecule has 0 bridgehead atoms. The number of carbonyl (C=O) groups is 9. The van der Waals surface area contributed by atoms with E-state index in [1.165, 1.54) is 6.92 Å². The fourth-order valence-corrected chi connectivity index (χ4v) is 9.44. The zero-order valence-electron chi connectivity index (χ0n) is 43.8. The van der Waals surface area contributed by atoms with Crippen LogP contribution in [0.4, 0.5) is 0 Å². The van der Waals surface area contributed by atoms with Crippen molar-refractivity contribution in [2.45, 2.75) is 146 Å². The Morgan fingerprint density at radius 3 is 2.12 bits per heavy atom. The Kier molecular flexibility index (Phi) is 26.0. The number of nitrogens with two attached hydrogens (primary N) is 6. The number of hydrogen-bond acceptors (Lipinski definition) is 12. The summed E-state index contributed by atoms with van der Waals surface area (Å²) in [4.78, 5) is 137. The van der Waals surface area contributed by atoms with Crippen LogP contribution in [0.3, 0.4) is 0 Å². The van der Waals surface area contributed by atoms with Crippen LogP contribution in [0.25, 0.3) is 10.9 Å². The number of nitrogens with one attached hydrogen (secondary N) is 6. The van der Waals surface area contributed by atoms with Gasteiger partial charge < -0.3 is 66.0 Å². The van der Waals surface area contributed by atoms with E-state index in [1.807, 2.05) is 24.3 Å². The second-order valence-corrected chi connectivity index (χ2v) is 20.0. The Balaban J connectivity index is 1.79. The number of benzene rings is 2. The molecule has 420 valence electrons. The number of aliphatic imine (C=N–C) groups is 2. The number of H-pyrrole nitrogens is 1. The second-order valence-electron chi connectivity index (χ2n) is 19.5. The first kappa shape index (κ1) is 62.1. The summed E-state index contributed by atoms with van der Waals surface area (Å²) in [6.07, 6.45) is 2.68. The first-order valence-electron chi connectivity index (χ1n) is 26.2. The monoisotopic (exact) mass is 1090 g/mol. The number of amides is 6. The van der Waals surface area contributed by atoms with Gasteiger partial charge in [-0.15, -0.1) is 0 Å². The number of rotatable bonds is 20. The molecule has 77 heavy (non-hydrogen) atoms. The number of ketones is 3. The summed E-state index contributed by atoms with van der Waals surface area (Å²) in [6, 6.07) is 7.77. The Labute approximate surface area is 453 Å². The van der Waals surface area contributed by atoms with Gasteiger partial charge >= 0.3 is 0 Å². The van der Waals surface area contributed by atoms with Crippen molar-refractivity contribution in [2.75, 3.05) is 19.6 Å². The van der Waals surface area contributed by atoms with Crippen molar-refractivity contribution in [3.05, 3.63) is 70.9 Å². The number of unbranched alkanes of at least 4 members (excludes halogenated alkanes) is 1. The van der Waals surface area contributed by atoms with E-state index in [0.717, 1.165) is 16.5 Å². The minimum atomic E-state index is -1.41. The normalized spacial score (nSPS) is 21.2. The first-order chi connectivity index (χ1) is 36.7. The van der Waals surface area contributed by atoms with E-state index in [0.29, 0.717) is 23.4 Å². The molecule has 23 nitrogen and oxygen atoms in total. The third-order valence-corrected chi connectivity index (χ3v) is 13.6. The van der Waals surface area contributed by atoms with Crippen molar-refractivity contribution in [3.63, 3.8) is 0 Å². The molecule has 24 heteroatoms. The van der Waals surface area contributed by atoms with Gasteiger partial charge in [-0.1, -0.05) is 48.4 Å². The molecule has 6 amide bonds. The Morgan fingerprint density at radius 1 is 0.727 bits per heavy atom. The fraction of sp³-hybridized carbons (Fsp3) is 0.528. The van der Waals surface area contributed by atoms with Gasteiger partial charge in [0.2, 0.25) is 35.4 Å². The van der Waals surface area contributed by atoms with E-state index in [4.69, 9.17) is 46.0 Å². The number of guanidine groups is 2. The van der Waals surface area contributed by atoms with E-state index in [2.05, 4.69) is 41.6 Å². The molecule has 2 aromatic carbocycles. The minimum Gasteiger partial charge on any atom is -0.370 e. The molecule has 0 saturated carbocycles. The zero-order chi connectivity index (χ0) is 56.4. The van der Waals surface area contributed by atoms with Crippen molar-refractivity contribution < 1.29 is 43.2 Å². The van der Waals surface area contributed by atoms with Gasteiger partial charge in [-0.3, -0.25) is 53.1 Å². The van der Waals surface area contributed by atoms with Gasteiger partial charge in [-0.05, 0) is 113 Å². The van der Waals surface area contributed by atoms with Crippen LogP contribution in [-0.2, 0) is 56.0 Å². The summed E-state index contributed by atoms with van der Waals surface area (Å²) in [6.45, 7) is 1.74. The van der Waals surface area contributed by atoms with Gasteiger partial charge in [0.15, 0.2) is 17.7 Å². The number of hydrogen-bond donors (Lipinski definition) is 12. The van der Waals surface area contributed by atoms with Crippen molar-refractivity contribution in [2.24, 2.45) is 56.2 Å². The highest BCUT2D eigenvalue weighted by Gasteiger charge is 2.35. The summed E-state index contributed by atoms with van der Waals surface area (Å²) >= 11 is 6.39. The molecule has 4 rings (SSSR count). The molecule has 3 aromatic rings. The van der Waals surface area contributed by atoms with Crippen LogP contribution in [-0.4, -0.2) is 120 Å². The second kappa shape index (κ2) is 32.2. The number of halogens is 1. The number of aromatic nitrogens is 1. The zero-order valence-corrected chi connectivity index (χ0v) is 44.5. The lowest BCUT2D eigenvalue weighted by atomic mass is 9.83. The smallest absolute Gasteiger partial charge is 0.243 e. The van der Waals surface area contributed by atoms with E-state index in [-0.39, 0.29) is 127 Å². The van der Waals surface area contributed by atoms with Crippen LogP contribution in [0.1, 0.15) is 114 Å². The number of para-hydroxylation sites is 1. The lowest BCUT2D eigenvalue weighted by Crippen LogP contribution is -2.58. The largest absolute Gasteiger partial charge is 0.370 e. The van der Waals surface area contributed by atoms with Crippen molar-refractivity contribution in [1.82, 2.24) is 31.6 Å². The number of nitrogens with zero attached hydrogens (tertiary/aromatic N) is 2. The van der Waals surface area contributed by atoms with E-state index >= 15 is 0 Å². The molecule has 0 unspecified atom stereocenters. The van der Waals surface area contributed by atoms with Gasteiger partial charge in [0.25, 0.3) is 0 Å². The van der Waals surface area contributed by atoms with Crippen LogP contribution in [0.2, 0.25) is 5.02 Å². The fourth-order valence-electron chi connectivity index (χ4n) is 9.23. The Bertz CT molecular complexity index is 2580. The van der Waals surface area contributed by atoms with Crippen molar-refractivity contribution in [1.29, 1.82) is 0 Å². The average molecular weight is 1090 g/mol. The molecule has 1 fully saturated rings. The maximum Gasteiger partial charge on any atom is 0.243 e. The molecule has 18 N–H and O–H groups in total. The molecule has 1 aliphatic rings. The average Bonchev–Trinajstić information content (AvgIpc) is 3.78. The van der Waals surface area contributed by atoms with Crippen LogP contribution in [0.5, 0.6) is 0 Å². The third kappa shape index (κ3) is 22.0. The first-order valence-corrected chi connectivity index (χ1v) is 26.6. The highest BCUT2D eigenvalue weighted by Crippen LogP contribution is 2.27. The van der Waals surface area contributed by atoms with Crippen molar-refractivity contribution in [3.8, 4) is 0 Å². The molecule has 0 radical (unpaired) electrons. The minimum absolute atomic E-state index is 0.00452. The molecule has 7 atom stereocenters. The van der Waals surface area contributed by atoms with Gasteiger partial charge in [0, 0.05) is 79.7 Å². The maximum absolute atomic E-state index is 14.9. The molecule has 0 spiro atoms. The van der Waals surface area contributed by atoms with Gasteiger partial charge in [0.05, 0.1) is 6.04 Å². The molecule has 1 aromatic heterocycles. The summed E-state index contributed by atoms with van der Waals surface area (Å²) < 4.78 is 0. The lowest BCUT2D eigenvalue weighted by molar-refractivity contribution is -0.135. The number of fused-ring (bicyclic) bond motifs is 1. The van der Waals surface area contributed by atoms with Crippen LogP contribution >= 0.6 is 11.6 Å². The number of carbonyl (C=O) groups excluding carboxylic acids is 9. The van der Waals surface area contributed by atoms with E-state index in [1.54, 1.807) is 30.5 Å². The predicted molar refractivity (Wildman–Crippen MR) is 293 cm³/mol. The third-order valence-electron chi connectivity index (χ3n) is 13.3. The van der Waals surface area contributed by atoms with E-state index < -0.39 is 95.5 Å². The lowest BCUT2D eigenvalue weighted by Gasteiger charge is -2.27. The Morgan fingerprint density at radius 2 is 1.43 bits per heavy atom. The number of aromatic amines is 1. The summed E-state index contributed by atoms with van der Waals surface area (Å²) in [5.41, 5.74) is 35.9. The molecule has 1 aliphatic heterocycles. The standard InChI is InChI=1S/C53H77ClN14O9/c1-31(69)64-41(19-10-24-62-53(59)60)49(75)67-43-21-20-37(70)14-2-4-17-40(47(56)73)65-48(74)34(27-35-30-63-39-16-5-3-15-38(35)39)29-45(71)33(12-9-23-61-52(57)58)28-46(72)44(26-32-11-8-13-36(54)25-32)68-50(76)42(66-51(43)77)18-6-7-22-55/h3,5,8,11,13,15-16,25,30,33-34,40-44,63H,2,4,6-7,9-10,12,14,17-24,26-29,55H2,1H3,(H2,56,73)(H,64,69)(H,65,74)(H,66,77)(H,67,75)(H,68,76)(H4,57,58,61)(H4,59,60,62)/t33-,34-,40+,41+,42+,43+,44-/m1/s1. The Hall–Kier alpha value is -7.40. The predicted octanol–water partition coefficient (Wildman–Crippen LogP) is 0.846. The molecule has 0 aliphatic carbocycles. The van der Waals surface area contributed by atoms with E-state index in [9.17, 15) is 43.2 Å². The summed E-state index contributed by atoms with van der Waals surface area (Å²) in [5, 5.41) is 14.8. The molecular weight excluding hydrogens is 1010 g/mol. The highest BCUT2D eigenvalue weighted by atomic mass is 35.5. The summed E-state index contributed by atoms with van der Waals surface area (Å²) in [7, 11) is 0. The number of Topliss-reactive ketones (excluding diaryl/α,β-unsaturated/α-hetero) is 3. The quantitative estimate of drug-likeness (QED) is 0.0424. The van der Waals surface area contributed by atoms with Crippen LogP contribution in [0.15, 0.2) is 64.7 Å². The SMILES string of the molecule is CC(=O)N[C@@H](CCCN=C(N)N)C(=O)N[C@H]1CCC(=O)CCCC[C@@H](C(N)=O)NC(=O)[C@H](Cc2c[nH]c3ccccc23)CC(=O)[C@H](CCCN=C(N)N)CC(=O)[C@@H](Cc2cccc(Cl)c2)NC(=O)[C@H](CCCCN)NC1=O. The topological polar surface area (TPSA) is 410 Å². The number of primary amides is 1. The molecule has 2 heterocycles.